The van der Waals surface area contributed by atoms with Crippen LogP contribution in [0.1, 0.15) is 15.9 Å². The lowest BCUT2D eigenvalue weighted by Gasteiger charge is -2.30. The summed E-state index contributed by atoms with van der Waals surface area (Å²) in [5.74, 6) is 0.549. The van der Waals surface area contributed by atoms with Gasteiger partial charge in [0.05, 0.1) is 18.8 Å². The number of fused-ring (bicyclic) bond motifs is 1. The number of halogens is 1. The maximum atomic E-state index is 12.0. The summed E-state index contributed by atoms with van der Waals surface area (Å²) in [6.07, 6.45) is 1.57. The van der Waals surface area contributed by atoms with Crippen LogP contribution in [0, 0.1) is 5.92 Å². The van der Waals surface area contributed by atoms with E-state index in [1.54, 1.807) is 12.3 Å². The monoisotopic (exact) mass is 238 g/mol. The van der Waals surface area contributed by atoms with Gasteiger partial charge in [-0.05, 0) is 11.6 Å². The molecule has 1 amide bonds. The molecule has 1 saturated heterocycles. The highest BCUT2D eigenvalue weighted by atomic mass is 35.5. The average Bonchev–Trinajstić information content (AvgIpc) is 2.49. The van der Waals surface area contributed by atoms with Gasteiger partial charge < -0.3 is 9.64 Å². The average molecular weight is 239 g/mol. The van der Waals surface area contributed by atoms with Gasteiger partial charge in [0.1, 0.15) is 5.15 Å². The second kappa shape index (κ2) is 3.71. The first-order chi connectivity index (χ1) is 7.74. The zero-order valence-electron chi connectivity index (χ0n) is 8.65. The molecule has 16 heavy (non-hydrogen) atoms. The topological polar surface area (TPSA) is 42.4 Å². The summed E-state index contributed by atoms with van der Waals surface area (Å²) in [5, 5.41) is 0.445. The van der Waals surface area contributed by atoms with Crippen molar-refractivity contribution in [3.05, 3.63) is 28.5 Å². The molecule has 0 saturated carbocycles. The van der Waals surface area contributed by atoms with Gasteiger partial charge in [0.2, 0.25) is 0 Å². The van der Waals surface area contributed by atoms with E-state index in [0.29, 0.717) is 23.2 Å². The smallest absolute Gasteiger partial charge is 0.256 e. The minimum Gasteiger partial charge on any atom is -0.381 e. The van der Waals surface area contributed by atoms with Crippen LogP contribution in [0.2, 0.25) is 5.15 Å². The predicted molar refractivity (Wildman–Crippen MR) is 58.3 cm³/mol. The van der Waals surface area contributed by atoms with Crippen molar-refractivity contribution >= 4 is 17.5 Å². The summed E-state index contributed by atoms with van der Waals surface area (Å²) in [6.45, 7) is 2.94. The summed E-state index contributed by atoms with van der Waals surface area (Å²) in [5.41, 5.74) is 1.66. The molecule has 0 aromatic carbocycles. The summed E-state index contributed by atoms with van der Waals surface area (Å²) in [7, 11) is 0. The van der Waals surface area contributed by atoms with Crippen LogP contribution in [0.4, 0.5) is 0 Å². The highest BCUT2D eigenvalue weighted by molar-refractivity contribution is 6.29. The van der Waals surface area contributed by atoms with Crippen molar-refractivity contribution in [2.75, 3.05) is 19.8 Å². The number of ether oxygens (including phenoxy) is 1. The number of pyridine rings is 1. The highest BCUT2D eigenvalue weighted by Gasteiger charge is 2.31. The Hall–Kier alpha value is -1.13. The normalized spacial score (nSPS) is 19.8. The molecule has 0 bridgehead atoms. The third-order valence-electron chi connectivity index (χ3n) is 3.02. The fraction of sp³-hybridized carbons (Fsp3) is 0.455. The van der Waals surface area contributed by atoms with Crippen molar-refractivity contribution in [2.45, 2.75) is 6.54 Å². The second-order valence-electron chi connectivity index (χ2n) is 4.25. The molecule has 0 radical (unpaired) electrons. The van der Waals surface area contributed by atoms with Gasteiger partial charge in [0, 0.05) is 25.2 Å². The third kappa shape index (κ3) is 1.58. The van der Waals surface area contributed by atoms with Gasteiger partial charge in [-0.3, -0.25) is 4.79 Å². The Bertz CT molecular complexity index is 446. The van der Waals surface area contributed by atoms with Crippen molar-refractivity contribution in [1.29, 1.82) is 0 Å². The summed E-state index contributed by atoms with van der Waals surface area (Å²) >= 11 is 5.80. The van der Waals surface area contributed by atoms with Crippen LogP contribution in [0.5, 0.6) is 0 Å². The molecule has 1 aromatic heterocycles. The summed E-state index contributed by atoms with van der Waals surface area (Å²) in [4.78, 5) is 17.8. The zero-order valence-corrected chi connectivity index (χ0v) is 9.41. The van der Waals surface area contributed by atoms with Crippen LogP contribution in [0.3, 0.4) is 0 Å². The number of carbonyl (C=O) groups excluding carboxylic acids is 1. The molecule has 0 N–H and O–H groups in total. The minimum absolute atomic E-state index is 0.0612. The molecule has 0 aliphatic carbocycles. The molecule has 0 unspecified atom stereocenters. The molecule has 3 rings (SSSR count). The van der Waals surface area contributed by atoms with Gasteiger partial charge in [0.15, 0.2) is 0 Å². The summed E-state index contributed by atoms with van der Waals surface area (Å²) in [6, 6.07) is 1.77. The number of hydrogen-bond donors (Lipinski definition) is 0. The van der Waals surface area contributed by atoms with Gasteiger partial charge in [-0.2, -0.15) is 0 Å². The van der Waals surface area contributed by atoms with E-state index in [0.717, 1.165) is 25.3 Å². The number of rotatable bonds is 2. The van der Waals surface area contributed by atoms with E-state index in [4.69, 9.17) is 16.3 Å². The molecule has 84 valence electrons. The second-order valence-corrected chi connectivity index (χ2v) is 4.64. The van der Waals surface area contributed by atoms with E-state index in [-0.39, 0.29) is 5.91 Å². The van der Waals surface area contributed by atoms with Crippen molar-refractivity contribution < 1.29 is 9.53 Å². The van der Waals surface area contributed by atoms with Crippen LogP contribution in [-0.4, -0.2) is 35.5 Å². The fourth-order valence-electron chi connectivity index (χ4n) is 2.09. The Morgan fingerprint density at radius 1 is 1.56 bits per heavy atom. The highest BCUT2D eigenvalue weighted by Crippen LogP contribution is 2.25. The zero-order chi connectivity index (χ0) is 11.1. The summed E-state index contributed by atoms with van der Waals surface area (Å²) < 4.78 is 5.11. The Kier molecular flexibility index (Phi) is 2.33. The molecular weight excluding hydrogens is 228 g/mol. The van der Waals surface area contributed by atoms with E-state index in [1.807, 2.05) is 4.90 Å². The van der Waals surface area contributed by atoms with Crippen molar-refractivity contribution in [1.82, 2.24) is 9.88 Å². The Labute approximate surface area is 98.2 Å². The van der Waals surface area contributed by atoms with E-state index in [2.05, 4.69) is 4.98 Å². The molecular formula is C11H11ClN2O2. The molecule has 4 nitrogen and oxygen atoms in total. The quantitative estimate of drug-likeness (QED) is 0.731. The van der Waals surface area contributed by atoms with Gasteiger partial charge in [-0.25, -0.2) is 4.98 Å². The number of carbonyl (C=O) groups is 1. The molecule has 1 aromatic rings. The standard InChI is InChI=1S/C11H11ClN2O2/c12-10-1-8-4-14(3-7-5-16-6-7)11(15)9(8)2-13-10/h1-2,7H,3-6H2. The maximum absolute atomic E-state index is 12.0. The molecule has 5 heteroatoms. The number of amides is 1. The molecule has 2 aliphatic rings. The van der Waals surface area contributed by atoms with E-state index < -0.39 is 0 Å². The molecule has 3 heterocycles. The largest absolute Gasteiger partial charge is 0.381 e. The van der Waals surface area contributed by atoms with E-state index >= 15 is 0 Å². The lowest BCUT2D eigenvalue weighted by Crippen LogP contribution is -2.39. The Morgan fingerprint density at radius 3 is 3.06 bits per heavy atom. The van der Waals surface area contributed by atoms with Crippen LogP contribution in [-0.2, 0) is 11.3 Å². The third-order valence-corrected chi connectivity index (χ3v) is 3.23. The van der Waals surface area contributed by atoms with Crippen LogP contribution in [0.25, 0.3) is 0 Å². The lowest BCUT2D eigenvalue weighted by molar-refractivity contribution is -0.0433. The first-order valence-electron chi connectivity index (χ1n) is 5.25. The number of aromatic nitrogens is 1. The molecule has 0 atom stereocenters. The SMILES string of the molecule is O=C1c2cnc(Cl)cc2CN1CC1COC1. The molecule has 0 spiro atoms. The lowest BCUT2D eigenvalue weighted by atomic mass is 10.1. The molecule has 2 aliphatic heterocycles. The first-order valence-corrected chi connectivity index (χ1v) is 5.63. The van der Waals surface area contributed by atoms with Gasteiger partial charge >= 0.3 is 0 Å². The maximum Gasteiger partial charge on any atom is 0.256 e. The molecule has 1 fully saturated rings. The van der Waals surface area contributed by atoms with E-state index in [1.165, 1.54) is 0 Å². The van der Waals surface area contributed by atoms with Gasteiger partial charge in [-0.15, -0.1) is 0 Å². The minimum atomic E-state index is 0.0612. The van der Waals surface area contributed by atoms with Crippen LogP contribution < -0.4 is 0 Å². The number of nitrogens with zero attached hydrogens (tertiary/aromatic N) is 2. The Morgan fingerprint density at radius 2 is 2.38 bits per heavy atom. The fourth-order valence-corrected chi connectivity index (χ4v) is 2.27. The van der Waals surface area contributed by atoms with Crippen molar-refractivity contribution in [3.8, 4) is 0 Å². The van der Waals surface area contributed by atoms with Crippen LogP contribution >= 0.6 is 11.6 Å². The van der Waals surface area contributed by atoms with Crippen molar-refractivity contribution in [3.63, 3.8) is 0 Å². The van der Waals surface area contributed by atoms with Gasteiger partial charge in [0.25, 0.3) is 5.91 Å². The number of hydrogen-bond acceptors (Lipinski definition) is 3. The van der Waals surface area contributed by atoms with E-state index in [9.17, 15) is 4.79 Å². The van der Waals surface area contributed by atoms with Crippen LogP contribution in [0.15, 0.2) is 12.3 Å². The van der Waals surface area contributed by atoms with Gasteiger partial charge in [-0.1, -0.05) is 11.6 Å². The predicted octanol–water partition coefficient (Wildman–Crippen LogP) is 1.34. The van der Waals surface area contributed by atoms with Crippen molar-refractivity contribution in [2.24, 2.45) is 5.92 Å². The Balaban J connectivity index is 1.79. The first kappa shape index (κ1) is 10.1.